The molecule has 5 rings (SSSR count). The Hall–Kier alpha value is -4.91. The van der Waals surface area contributed by atoms with Crippen molar-refractivity contribution < 1.29 is 47.5 Å². The van der Waals surface area contributed by atoms with Crippen LogP contribution in [-0.4, -0.2) is 76.2 Å². The molecule has 4 N–H and O–H groups in total. The van der Waals surface area contributed by atoms with E-state index in [1.165, 1.54) is 42.7 Å². The van der Waals surface area contributed by atoms with Crippen molar-refractivity contribution in [2.75, 3.05) is 32.8 Å². The molecular weight excluding hydrogens is 729 g/mol. The number of nitriles is 1. The molecule has 286 valence electrons. The predicted molar refractivity (Wildman–Crippen MR) is 193 cm³/mol. The number of carboxylic acids is 1. The number of aliphatic hydroxyl groups is 2. The molecule has 0 saturated carbocycles. The number of nitrogens with zero attached hydrogens (tertiary/aromatic N) is 3. The van der Waals surface area contributed by atoms with E-state index in [2.05, 4.69) is 15.2 Å². The molecule has 0 amide bonds. The normalized spacial score (nSPS) is 15.1. The van der Waals surface area contributed by atoms with E-state index in [0.717, 1.165) is 6.54 Å². The molecule has 15 heteroatoms. The highest BCUT2D eigenvalue weighted by molar-refractivity contribution is 6.32. The molecule has 0 aliphatic carbocycles. The van der Waals surface area contributed by atoms with Crippen molar-refractivity contribution in [1.29, 1.82) is 5.26 Å². The zero-order chi connectivity index (χ0) is 38.8. The quantitative estimate of drug-likeness (QED) is 0.0917. The minimum absolute atomic E-state index is 0.00694. The molecule has 1 fully saturated rings. The maximum Gasteiger partial charge on any atom is 0.420 e. The molecule has 0 unspecified atom stereocenters. The molecule has 1 saturated heterocycles. The van der Waals surface area contributed by atoms with Gasteiger partial charge in [0.1, 0.15) is 48.1 Å². The smallest absolute Gasteiger partial charge is 0.420 e. The summed E-state index contributed by atoms with van der Waals surface area (Å²) in [5.74, 6) is -1.06. The van der Waals surface area contributed by atoms with Crippen LogP contribution in [0.15, 0.2) is 67.0 Å². The van der Waals surface area contributed by atoms with Gasteiger partial charge >= 0.3 is 12.1 Å². The van der Waals surface area contributed by atoms with E-state index >= 15 is 0 Å². The first-order valence-corrected chi connectivity index (χ1v) is 17.6. The Balaban J connectivity index is 1.37. The second-order valence-corrected chi connectivity index (χ2v) is 13.2. The zero-order valence-electron chi connectivity index (χ0n) is 29.4. The summed E-state index contributed by atoms with van der Waals surface area (Å²) in [5.41, 5.74) is 1.95. The van der Waals surface area contributed by atoms with Gasteiger partial charge in [-0.25, -0.2) is 0 Å². The van der Waals surface area contributed by atoms with Crippen LogP contribution < -0.4 is 19.5 Å². The van der Waals surface area contributed by atoms with Gasteiger partial charge in [0.15, 0.2) is 0 Å². The van der Waals surface area contributed by atoms with Crippen molar-refractivity contribution in [2.24, 2.45) is 0 Å². The van der Waals surface area contributed by atoms with Crippen molar-refractivity contribution in [3.05, 3.63) is 105 Å². The van der Waals surface area contributed by atoms with Gasteiger partial charge < -0.3 is 34.4 Å². The highest BCUT2D eigenvalue weighted by Gasteiger charge is 2.38. The number of rotatable bonds is 17. The third kappa shape index (κ3) is 10.4. The number of β-amino-alcohol motifs (C(OH)–C–C–N with tert-alkyl or cyclic N) is 1. The number of aromatic nitrogens is 1. The van der Waals surface area contributed by atoms with Crippen LogP contribution in [0.5, 0.6) is 17.2 Å². The number of carbonyl (C=O) groups is 1. The molecule has 2 atom stereocenters. The molecule has 2 heterocycles. The van der Waals surface area contributed by atoms with E-state index < -0.39 is 30.4 Å². The Morgan fingerprint density at radius 2 is 1.81 bits per heavy atom. The Morgan fingerprint density at radius 1 is 1.06 bits per heavy atom. The van der Waals surface area contributed by atoms with Gasteiger partial charge in [0.05, 0.1) is 29.9 Å². The summed E-state index contributed by atoms with van der Waals surface area (Å²) in [5, 5.41) is 40.7. The number of benzene rings is 3. The van der Waals surface area contributed by atoms with Gasteiger partial charge in [-0.15, -0.1) is 0 Å². The molecule has 1 aliphatic heterocycles. The molecular formula is C39H40ClF3N4O7. The highest BCUT2D eigenvalue weighted by Crippen LogP contribution is 2.44. The lowest BCUT2D eigenvalue weighted by Gasteiger charge is -2.21. The van der Waals surface area contributed by atoms with Crippen molar-refractivity contribution in [3.8, 4) is 34.4 Å². The minimum Gasteiger partial charge on any atom is -0.493 e. The fourth-order valence-corrected chi connectivity index (χ4v) is 6.39. The number of nitrogens with one attached hydrogen (secondary N) is 1. The van der Waals surface area contributed by atoms with Gasteiger partial charge in [0.25, 0.3) is 0 Å². The zero-order valence-corrected chi connectivity index (χ0v) is 30.2. The van der Waals surface area contributed by atoms with E-state index in [4.69, 9.17) is 25.8 Å². The van der Waals surface area contributed by atoms with Crippen LogP contribution in [0.25, 0.3) is 11.1 Å². The van der Waals surface area contributed by atoms with Gasteiger partial charge in [-0.1, -0.05) is 41.9 Å². The molecule has 3 aromatic carbocycles. The van der Waals surface area contributed by atoms with Gasteiger partial charge in [0.2, 0.25) is 0 Å². The summed E-state index contributed by atoms with van der Waals surface area (Å²) in [4.78, 5) is 17.6. The van der Waals surface area contributed by atoms with Gasteiger partial charge in [0, 0.05) is 55.8 Å². The summed E-state index contributed by atoms with van der Waals surface area (Å²) >= 11 is 6.61. The van der Waals surface area contributed by atoms with E-state index in [1.54, 1.807) is 31.2 Å². The highest BCUT2D eigenvalue weighted by atomic mass is 35.5. The van der Waals surface area contributed by atoms with Crippen LogP contribution in [-0.2, 0) is 30.7 Å². The summed E-state index contributed by atoms with van der Waals surface area (Å²) in [6.45, 7) is 2.91. The van der Waals surface area contributed by atoms with Crippen molar-refractivity contribution >= 4 is 17.6 Å². The first kappa shape index (κ1) is 40.3. The average Bonchev–Trinajstić information content (AvgIpc) is 3.57. The monoisotopic (exact) mass is 768 g/mol. The van der Waals surface area contributed by atoms with Crippen LogP contribution in [0, 0.1) is 18.3 Å². The Labute approximate surface area is 315 Å². The van der Waals surface area contributed by atoms with Gasteiger partial charge in [-0.3, -0.25) is 15.1 Å². The molecule has 1 aliphatic rings. The largest absolute Gasteiger partial charge is 0.493 e. The number of halogens is 4. The third-order valence-corrected chi connectivity index (χ3v) is 9.30. The van der Waals surface area contributed by atoms with Crippen LogP contribution in [0.2, 0.25) is 5.02 Å². The van der Waals surface area contributed by atoms with E-state index in [1.807, 2.05) is 6.07 Å². The number of likely N-dealkylation sites (tertiary alicyclic amines) is 1. The lowest BCUT2D eigenvalue weighted by molar-refractivity contribution is -0.140. The topological polar surface area (TPSA) is 157 Å². The maximum atomic E-state index is 14.6. The van der Waals surface area contributed by atoms with Crippen molar-refractivity contribution in [1.82, 2.24) is 15.2 Å². The molecule has 54 heavy (non-hydrogen) atoms. The number of hydrogen-bond acceptors (Lipinski definition) is 10. The maximum absolute atomic E-state index is 14.6. The van der Waals surface area contributed by atoms with E-state index in [0.29, 0.717) is 59.3 Å². The number of aliphatic hydroxyl groups excluding tert-OH is 2. The number of hydrogen-bond donors (Lipinski definition) is 4. The minimum atomic E-state index is -4.71. The van der Waals surface area contributed by atoms with E-state index in [9.17, 15) is 38.5 Å². The number of aliphatic carboxylic acids is 1. The molecule has 11 nitrogen and oxygen atoms in total. The fourth-order valence-electron chi connectivity index (χ4n) is 6.15. The first-order valence-electron chi connectivity index (χ1n) is 17.2. The number of pyridine rings is 1. The Kier molecular flexibility index (Phi) is 13.7. The summed E-state index contributed by atoms with van der Waals surface area (Å²) in [6.07, 6.45) is -0.968. The third-order valence-electron chi connectivity index (χ3n) is 9.01. The standard InChI is InChI=1S/C39H40ClF3N4O7/c1-24-27(5-2-6-30(24)31-7-3-8-34(37(31)39(41,42)43)52-12-4-10-47-11-9-29(49)20-47)23-54-36-15-35(53-22-26-13-25(16-44)17-45-18-26)28(14-32(36)40)19-46-33(21-48)38(50)51/h2-3,5-8,13-15,17-18,29,33,46,48-49H,4,9-12,19-23H2,1H3,(H,50,51)/t29-,33+/m1/s1. The molecule has 4 aromatic rings. The first-order chi connectivity index (χ1) is 25.9. The lowest BCUT2D eigenvalue weighted by atomic mass is 9.92. The second-order valence-electron chi connectivity index (χ2n) is 12.8. The Bertz CT molecular complexity index is 1970. The van der Waals surface area contributed by atoms with Crippen LogP contribution in [0.1, 0.15) is 46.2 Å². The van der Waals surface area contributed by atoms with Crippen LogP contribution in [0.4, 0.5) is 13.2 Å². The van der Waals surface area contributed by atoms with Gasteiger partial charge in [-0.2, -0.15) is 18.4 Å². The second kappa shape index (κ2) is 18.4. The van der Waals surface area contributed by atoms with E-state index in [-0.39, 0.29) is 60.3 Å². The predicted octanol–water partition coefficient (Wildman–Crippen LogP) is 6.13. The molecule has 0 bridgehead atoms. The SMILES string of the molecule is Cc1c(COc2cc(OCc3cncc(C#N)c3)c(CN[C@@H](CO)C(=O)O)cc2Cl)cccc1-c1cccc(OCCCN2CC[C@@H](O)C2)c1C(F)(F)F. The van der Waals surface area contributed by atoms with Gasteiger partial charge in [-0.05, 0) is 60.2 Å². The number of carboxylic acid groups (broad SMARTS) is 1. The molecule has 0 radical (unpaired) electrons. The lowest BCUT2D eigenvalue weighted by Crippen LogP contribution is -2.39. The average molecular weight is 769 g/mol. The summed E-state index contributed by atoms with van der Waals surface area (Å²) in [7, 11) is 0. The van der Waals surface area contributed by atoms with Crippen molar-refractivity contribution in [2.45, 2.75) is 57.8 Å². The molecule has 1 aromatic heterocycles. The summed E-state index contributed by atoms with van der Waals surface area (Å²) < 4.78 is 61.8. The summed E-state index contributed by atoms with van der Waals surface area (Å²) in [6, 6.07) is 14.7. The van der Waals surface area contributed by atoms with Crippen LogP contribution in [0.3, 0.4) is 0 Å². The van der Waals surface area contributed by atoms with Crippen LogP contribution >= 0.6 is 11.6 Å². The number of alkyl halides is 3. The molecule has 0 spiro atoms. The Morgan fingerprint density at radius 3 is 2.52 bits per heavy atom. The number of ether oxygens (including phenoxy) is 3. The fraction of sp³-hybridized carbons (Fsp3) is 0.359. The van der Waals surface area contributed by atoms with Crippen molar-refractivity contribution in [3.63, 3.8) is 0 Å².